The first-order chi connectivity index (χ1) is 8.16. The largest absolute Gasteiger partial charge is 0.268 e. The van der Waals surface area contributed by atoms with E-state index in [4.69, 9.17) is 0 Å². The lowest BCUT2D eigenvalue weighted by Crippen LogP contribution is -1.93. The fraction of sp³-hybridized carbons (Fsp3) is 0.0833. The first kappa shape index (κ1) is 11.1. The maximum atomic E-state index is 10.2. The van der Waals surface area contributed by atoms with Gasteiger partial charge in [0, 0.05) is 18.7 Å². The third-order valence-electron chi connectivity index (χ3n) is 2.35. The lowest BCUT2D eigenvalue weighted by atomic mass is 10.1. The highest BCUT2D eigenvalue weighted by atomic mass is 16.6. The molecule has 2 aromatic rings. The average molecular weight is 229 g/mol. The van der Waals surface area contributed by atoms with Crippen LogP contribution in [0.3, 0.4) is 0 Å². The number of aryl methyl sites for hydroxylation is 1. The molecule has 1 aromatic carbocycles. The normalized spacial score (nSPS) is 10.9. The van der Waals surface area contributed by atoms with Crippen LogP contribution in [-0.2, 0) is 7.05 Å². The van der Waals surface area contributed by atoms with Crippen LogP contribution in [0.15, 0.2) is 42.6 Å². The van der Waals surface area contributed by atoms with Crippen molar-refractivity contribution in [3.05, 3.63) is 58.4 Å². The van der Waals surface area contributed by atoms with E-state index in [1.165, 1.54) is 6.08 Å². The molecule has 5 nitrogen and oxygen atoms in total. The average Bonchev–Trinajstić information content (AvgIpc) is 2.69. The number of rotatable bonds is 3. The first-order valence-corrected chi connectivity index (χ1v) is 5.08. The monoisotopic (exact) mass is 229 g/mol. The Hall–Kier alpha value is -2.43. The van der Waals surface area contributed by atoms with Crippen molar-refractivity contribution < 1.29 is 4.92 Å². The molecule has 17 heavy (non-hydrogen) atoms. The minimum atomic E-state index is -0.491. The molecule has 2 rings (SSSR count). The number of hydrogen-bond donors (Lipinski definition) is 0. The Bertz CT molecular complexity index is 558. The summed E-state index contributed by atoms with van der Waals surface area (Å²) >= 11 is 0. The van der Waals surface area contributed by atoms with Crippen LogP contribution in [0.1, 0.15) is 5.69 Å². The molecule has 0 unspecified atom stereocenters. The molecular formula is C12H11N3O2. The van der Waals surface area contributed by atoms with Gasteiger partial charge in [-0.2, -0.15) is 5.10 Å². The van der Waals surface area contributed by atoms with Gasteiger partial charge in [-0.1, -0.05) is 30.3 Å². The van der Waals surface area contributed by atoms with Crippen molar-refractivity contribution in [3.63, 3.8) is 0 Å². The molecule has 1 heterocycles. The van der Waals surface area contributed by atoms with Crippen molar-refractivity contribution in [3.8, 4) is 11.3 Å². The van der Waals surface area contributed by atoms with Gasteiger partial charge in [-0.3, -0.25) is 14.8 Å². The number of hydrogen-bond acceptors (Lipinski definition) is 3. The number of nitro groups is 1. The Kier molecular flexibility index (Phi) is 3.00. The summed E-state index contributed by atoms with van der Waals surface area (Å²) in [6.45, 7) is 0. The Morgan fingerprint density at radius 3 is 2.71 bits per heavy atom. The third-order valence-corrected chi connectivity index (χ3v) is 2.35. The molecule has 0 radical (unpaired) electrons. The van der Waals surface area contributed by atoms with Crippen molar-refractivity contribution in [2.75, 3.05) is 0 Å². The lowest BCUT2D eigenvalue weighted by molar-refractivity contribution is -0.401. The predicted molar refractivity (Wildman–Crippen MR) is 64.7 cm³/mol. The minimum Gasteiger partial charge on any atom is -0.268 e. The molecule has 0 saturated heterocycles. The molecule has 0 bridgehead atoms. The van der Waals surface area contributed by atoms with E-state index >= 15 is 0 Å². The van der Waals surface area contributed by atoms with Crippen LogP contribution in [0.4, 0.5) is 0 Å². The van der Waals surface area contributed by atoms with E-state index in [1.807, 2.05) is 36.4 Å². The molecule has 0 amide bonds. The minimum absolute atomic E-state index is 0.491. The van der Waals surface area contributed by atoms with Gasteiger partial charge in [0.1, 0.15) is 0 Å². The van der Waals surface area contributed by atoms with Gasteiger partial charge in [0.05, 0.1) is 16.3 Å². The molecule has 0 aliphatic heterocycles. The zero-order chi connectivity index (χ0) is 12.3. The summed E-state index contributed by atoms with van der Waals surface area (Å²) in [5.41, 5.74) is 2.49. The van der Waals surface area contributed by atoms with E-state index in [9.17, 15) is 10.1 Å². The van der Waals surface area contributed by atoms with E-state index in [1.54, 1.807) is 11.7 Å². The van der Waals surface area contributed by atoms with Crippen LogP contribution < -0.4 is 0 Å². The van der Waals surface area contributed by atoms with E-state index in [0.29, 0.717) is 5.69 Å². The van der Waals surface area contributed by atoms with Gasteiger partial charge in [-0.15, -0.1) is 0 Å². The van der Waals surface area contributed by atoms with Gasteiger partial charge >= 0.3 is 0 Å². The van der Waals surface area contributed by atoms with E-state index in [-0.39, 0.29) is 0 Å². The molecular weight excluding hydrogens is 218 g/mol. The molecule has 5 heteroatoms. The quantitative estimate of drug-likeness (QED) is 0.599. The molecule has 0 spiro atoms. The second kappa shape index (κ2) is 4.61. The van der Waals surface area contributed by atoms with E-state index in [2.05, 4.69) is 5.10 Å². The van der Waals surface area contributed by atoms with Crippen molar-refractivity contribution in [2.45, 2.75) is 0 Å². The van der Waals surface area contributed by atoms with E-state index < -0.39 is 4.92 Å². The third kappa shape index (κ3) is 2.57. The van der Waals surface area contributed by atoms with Crippen LogP contribution in [0.25, 0.3) is 17.3 Å². The smallest absolute Gasteiger partial charge is 0.236 e. The van der Waals surface area contributed by atoms with Crippen LogP contribution in [0, 0.1) is 10.1 Å². The number of benzene rings is 1. The maximum Gasteiger partial charge on any atom is 0.236 e. The lowest BCUT2D eigenvalue weighted by Gasteiger charge is -1.93. The molecule has 0 aliphatic rings. The summed E-state index contributed by atoms with van der Waals surface area (Å²) in [5, 5.41) is 14.6. The summed E-state index contributed by atoms with van der Waals surface area (Å²) < 4.78 is 1.61. The second-order valence-electron chi connectivity index (χ2n) is 3.55. The fourth-order valence-corrected chi connectivity index (χ4v) is 1.52. The topological polar surface area (TPSA) is 61.0 Å². The molecule has 0 aliphatic carbocycles. The highest BCUT2D eigenvalue weighted by Crippen LogP contribution is 2.18. The van der Waals surface area contributed by atoms with Crippen molar-refractivity contribution in [2.24, 2.45) is 7.05 Å². The Labute approximate surface area is 98.2 Å². The maximum absolute atomic E-state index is 10.2. The fourth-order valence-electron chi connectivity index (χ4n) is 1.52. The first-order valence-electron chi connectivity index (χ1n) is 5.08. The summed E-state index contributed by atoms with van der Waals surface area (Å²) in [4.78, 5) is 9.76. The summed E-state index contributed by atoms with van der Waals surface area (Å²) in [6, 6.07) is 11.5. The second-order valence-corrected chi connectivity index (χ2v) is 3.55. The standard InChI is InChI=1S/C12H11N3O2/c1-14-11(7-8-15(16)17)9-12(13-14)10-5-3-2-4-6-10/h2-9H,1H3/b8-7+. The van der Waals surface area contributed by atoms with Crippen LogP contribution in [0.2, 0.25) is 0 Å². The summed E-state index contributed by atoms with van der Waals surface area (Å²) in [5.74, 6) is 0. The highest BCUT2D eigenvalue weighted by molar-refractivity contribution is 5.62. The van der Waals surface area contributed by atoms with Crippen molar-refractivity contribution in [1.29, 1.82) is 0 Å². The molecule has 1 aromatic heterocycles. The number of aromatic nitrogens is 2. The molecule has 0 N–H and O–H groups in total. The van der Waals surface area contributed by atoms with Crippen LogP contribution in [0.5, 0.6) is 0 Å². The van der Waals surface area contributed by atoms with Crippen LogP contribution >= 0.6 is 0 Å². The summed E-state index contributed by atoms with van der Waals surface area (Å²) in [6.07, 6.45) is 2.34. The highest BCUT2D eigenvalue weighted by Gasteiger charge is 2.05. The van der Waals surface area contributed by atoms with Gasteiger partial charge in [0.25, 0.3) is 0 Å². The molecule has 0 fully saturated rings. The summed E-state index contributed by atoms with van der Waals surface area (Å²) in [7, 11) is 1.76. The molecule has 86 valence electrons. The van der Waals surface area contributed by atoms with Gasteiger partial charge in [-0.25, -0.2) is 0 Å². The molecule has 0 atom stereocenters. The Morgan fingerprint density at radius 2 is 2.06 bits per heavy atom. The van der Waals surface area contributed by atoms with Crippen LogP contribution in [-0.4, -0.2) is 14.7 Å². The van der Waals surface area contributed by atoms with Crippen molar-refractivity contribution >= 4 is 6.08 Å². The van der Waals surface area contributed by atoms with Gasteiger partial charge in [-0.05, 0) is 6.07 Å². The molecule has 0 saturated carbocycles. The number of nitrogens with zero attached hydrogens (tertiary/aromatic N) is 3. The zero-order valence-corrected chi connectivity index (χ0v) is 9.28. The SMILES string of the molecule is Cn1nc(-c2ccccc2)cc1/C=C/[N+](=O)[O-]. The van der Waals surface area contributed by atoms with Gasteiger partial charge in [0.15, 0.2) is 0 Å². The van der Waals surface area contributed by atoms with Crippen molar-refractivity contribution in [1.82, 2.24) is 9.78 Å². The predicted octanol–water partition coefficient (Wildman–Crippen LogP) is 2.33. The van der Waals surface area contributed by atoms with Gasteiger partial charge in [0.2, 0.25) is 6.20 Å². The zero-order valence-electron chi connectivity index (χ0n) is 9.28. The van der Waals surface area contributed by atoms with Gasteiger partial charge < -0.3 is 0 Å². The Balaban J connectivity index is 2.34. The van der Waals surface area contributed by atoms with E-state index in [0.717, 1.165) is 17.5 Å². The Morgan fingerprint density at radius 1 is 1.35 bits per heavy atom.